The van der Waals surface area contributed by atoms with Gasteiger partial charge in [-0.15, -0.1) is 5.10 Å². The standard InChI is InChI=1S/C15H16ClF2N7O2/c1-10-6-11(7-19-13(10)16)15(17,18)14(27)24-4-2-23(3-5-24)12(26)8-25-9-20-21-22-25/h6-7,9H,2-5,8H2,1H3. The molecule has 1 saturated heterocycles. The Morgan fingerprint density at radius 1 is 1.22 bits per heavy atom. The Kier molecular flexibility index (Phi) is 5.31. The fourth-order valence-electron chi connectivity index (χ4n) is 2.70. The highest BCUT2D eigenvalue weighted by molar-refractivity contribution is 6.30. The number of tetrazole rings is 1. The molecule has 0 saturated carbocycles. The number of hydrogen-bond acceptors (Lipinski definition) is 6. The van der Waals surface area contributed by atoms with Crippen molar-refractivity contribution < 1.29 is 18.4 Å². The minimum atomic E-state index is -3.72. The summed E-state index contributed by atoms with van der Waals surface area (Å²) in [4.78, 5) is 30.7. The number of carbonyl (C=O) groups is 2. The lowest BCUT2D eigenvalue weighted by Crippen LogP contribution is -2.54. The first-order valence-corrected chi connectivity index (χ1v) is 8.45. The minimum Gasteiger partial charge on any atom is -0.338 e. The van der Waals surface area contributed by atoms with E-state index in [0.717, 1.165) is 17.2 Å². The molecule has 0 aromatic carbocycles. The number of aromatic nitrogens is 5. The van der Waals surface area contributed by atoms with E-state index in [9.17, 15) is 18.4 Å². The van der Waals surface area contributed by atoms with Gasteiger partial charge in [-0.1, -0.05) is 11.6 Å². The van der Waals surface area contributed by atoms with E-state index < -0.39 is 17.4 Å². The van der Waals surface area contributed by atoms with Gasteiger partial charge in [0.05, 0.1) is 0 Å². The van der Waals surface area contributed by atoms with Crippen LogP contribution in [0.25, 0.3) is 0 Å². The molecule has 0 N–H and O–H groups in total. The van der Waals surface area contributed by atoms with Crippen LogP contribution < -0.4 is 0 Å². The molecule has 1 fully saturated rings. The van der Waals surface area contributed by atoms with Crippen LogP contribution in [0.5, 0.6) is 0 Å². The molecule has 0 spiro atoms. The lowest BCUT2D eigenvalue weighted by Gasteiger charge is -2.36. The van der Waals surface area contributed by atoms with Crippen LogP contribution in [0.15, 0.2) is 18.6 Å². The van der Waals surface area contributed by atoms with Gasteiger partial charge < -0.3 is 9.80 Å². The summed E-state index contributed by atoms with van der Waals surface area (Å²) >= 11 is 5.75. The molecule has 0 atom stereocenters. The van der Waals surface area contributed by atoms with Crippen molar-refractivity contribution in [3.05, 3.63) is 34.9 Å². The minimum absolute atomic E-state index is 0.00969. The molecule has 27 heavy (non-hydrogen) atoms. The third-order valence-electron chi connectivity index (χ3n) is 4.25. The van der Waals surface area contributed by atoms with Crippen molar-refractivity contribution in [2.75, 3.05) is 26.2 Å². The Morgan fingerprint density at radius 2 is 1.89 bits per heavy atom. The lowest BCUT2D eigenvalue weighted by molar-refractivity contribution is -0.162. The zero-order valence-corrected chi connectivity index (χ0v) is 15.1. The summed E-state index contributed by atoms with van der Waals surface area (Å²) in [5, 5.41) is 10.6. The second kappa shape index (κ2) is 7.51. The van der Waals surface area contributed by atoms with Crippen LogP contribution in [0.1, 0.15) is 11.1 Å². The van der Waals surface area contributed by atoms with E-state index in [4.69, 9.17) is 11.6 Å². The van der Waals surface area contributed by atoms with Crippen LogP contribution in [0.2, 0.25) is 5.15 Å². The normalized spacial score (nSPS) is 15.1. The average molecular weight is 400 g/mol. The summed E-state index contributed by atoms with van der Waals surface area (Å²) < 4.78 is 30.4. The van der Waals surface area contributed by atoms with E-state index in [1.54, 1.807) is 0 Å². The SMILES string of the molecule is Cc1cc(C(F)(F)C(=O)N2CCN(C(=O)Cn3cnnn3)CC2)cnc1Cl. The Labute approximate surface area is 157 Å². The first-order chi connectivity index (χ1) is 12.8. The van der Waals surface area contributed by atoms with Crippen LogP contribution in [-0.2, 0) is 22.1 Å². The van der Waals surface area contributed by atoms with Gasteiger partial charge in [0.2, 0.25) is 5.91 Å². The van der Waals surface area contributed by atoms with E-state index >= 15 is 0 Å². The zero-order valence-electron chi connectivity index (χ0n) is 14.3. The Hall–Kier alpha value is -2.69. The van der Waals surface area contributed by atoms with E-state index in [1.165, 1.54) is 22.8 Å². The Balaban J connectivity index is 1.62. The summed E-state index contributed by atoms with van der Waals surface area (Å²) in [6.45, 7) is 1.81. The highest BCUT2D eigenvalue weighted by atomic mass is 35.5. The first-order valence-electron chi connectivity index (χ1n) is 8.07. The van der Waals surface area contributed by atoms with Crippen LogP contribution in [0.3, 0.4) is 0 Å². The molecular formula is C15H16ClF2N7O2. The van der Waals surface area contributed by atoms with Crippen molar-refractivity contribution in [1.82, 2.24) is 35.0 Å². The summed E-state index contributed by atoms with van der Waals surface area (Å²) in [5.74, 6) is -5.29. The van der Waals surface area contributed by atoms with Crippen molar-refractivity contribution in [3.8, 4) is 0 Å². The monoisotopic (exact) mass is 399 g/mol. The number of hydrogen-bond donors (Lipinski definition) is 0. The Morgan fingerprint density at radius 3 is 2.48 bits per heavy atom. The highest BCUT2D eigenvalue weighted by Gasteiger charge is 2.45. The van der Waals surface area contributed by atoms with Gasteiger partial charge in [-0.2, -0.15) is 8.78 Å². The maximum absolute atomic E-state index is 14.6. The van der Waals surface area contributed by atoms with Gasteiger partial charge in [-0.3, -0.25) is 9.59 Å². The van der Waals surface area contributed by atoms with Crippen molar-refractivity contribution in [3.63, 3.8) is 0 Å². The number of piperazine rings is 1. The predicted octanol–water partition coefficient (Wildman–Crippen LogP) is 0.493. The van der Waals surface area contributed by atoms with E-state index in [-0.39, 0.29) is 43.8 Å². The fraction of sp³-hybridized carbons (Fsp3) is 0.467. The largest absolute Gasteiger partial charge is 0.351 e. The molecule has 1 aliphatic heterocycles. The predicted molar refractivity (Wildman–Crippen MR) is 88.9 cm³/mol. The molecule has 2 amide bonds. The molecule has 0 unspecified atom stereocenters. The number of amides is 2. The van der Waals surface area contributed by atoms with Crippen molar-refractivity contribution >= 4 is 23.4 Å². The molecule has 0 radical (unpaired) electrons. The van der Waals surface area contributed by atoms with Gasteiger partial charge in [0, 0.05) is 37.9 Å². The second-order valence-corrected chi connectivity index (χ2v) is 6.44. The molecular weight excluding hydrogens is 384 g/mol. The molecule has 12 heteroatoms. The Bertz CT molecular complexity index is 839. The van der Waals surface area contributed by atoms with Gasteiger partial charge >= 0.3 is 5.92 Å². The quantitative estimate of drug-likeness (QED) is 0.694. The lowest BCUT2D eigenvalue weighted by atomic mass is 10.1. The maximum Gasteiger partial charge on any atom is 0.351 e. The number of alkyl halides is 2. The number of pyridine rings is 1. The second-order valence-electron chi connectivity index (χ2n) is 6.09. The number of aryl methyl sites for hydroxylation is 1. The van der Waals surface area contributed by atoms with Gasteiger partial charge in [-0.25, -0.2) is 9.67 Å². The number of carbonyl (C=O) groups excluding carboxylic acids is 2. The third-order valence-corrected chi connectivity index (χ3v) is 4.65. The van der Waals surface area contributed by atoms with Crippen molar-refractivity contribution in [2.24, 2.45) is 0 Å². The van der Waals surface area contributed by atoms with Crippen LogP contribution in [0, 0.1) is 6.92 Å². The summed E-state index contributed by atoms with van der Waals surface area (Å²) in [5.41, 5.74) is -0.147. The average Bonchev–Trinajstić information content (AvgIpc) is 3.16. The van der Waals surface area contributed by atoms with Crippen LogP contribution in [0.4, 0.5) is 8.78 Å². The number of nitrogens with zero attached hydrogens (tertiary/aromatic N) is 7. The summed E-state index contributed by atoms with van der Waals surface area (Å²) in [6, 6.07) is 1.15. The number of rotatable bonds is 4. The van der Waals surface area contributed by atoms with E-state index in [2.05, 4.69) is 20.5 Å². The van der Waals surface area contributed by atoms with E-state index in [1.807, 2.05) is 0 Å². The van der Waals surface area contributed by atoms with Gasteiger partial charge in [0.25, 0.3) is 5.91 Å². The first kappa shape index (κ1) is 19.1. The molecule has 0 aliphatic carbocycles. The van der Waals surface area contributed by atoms with Gasteiger partial charge in [-0.05, 0) is 29.0 Å². The smallest absolute Gasteiger partial charge is 0.338 e. The molecule has 3 heterocycles. The van der Waals surface area contributed by atoms with Gasteiger partial charge in [0.15, 0.2) is 0 Å². The molecule has 0 bridgehead atoms. The molecule has 3 rings (SSSR count). The van der Waals surface area contributed by atoms with Crippen molar-refractivity contribution in [2.45, 2.75) is 19.4 Å². The summed E-state index contributed by atoms with van der Waals surface area (Å²) in [7, 11) is 0. The molecule has 2 aromatic heterocycles. The van der Waals surface area contributed by atoms with Crippen LogP contribution in [-0.4, -0.2) is 73.0 Å². The summed E-state index contributed by atoms with van der Waals surface area (Å²) in [6.07, 6.45) is 2.21. The number of halogens is 3. The molecule has 9 nitrogen and oxygen atoms in total. The third kappa shape index (κ3) is 4.02. The zero-order chi connectivity index (χ0) is 19.6. The maximum atomic E-state index is 14.6. The van der Waals surface area contributed by atoms with E-state index in [0.29, 0.717) is 5.56 Å². The van der Waals surface area contributed by atoms with Crippen molar-refractivity contribution in [1.29, 1.82) is 0 Å². The fourth-order valence-corrected chi connectivity index (χ4v) is 2.81. The topological polar surface area (TPSA) is 97.1 Å². The molecule has 1 aliphatic rings. The molecule has 144 valence electrons. The highest BCUT2D eigenvalue weighted by Crippen LogP contribution is 2.32. The molecule has 2 aromatic rings. The van der Waals surface area contributed by atoms with Crippen LogP contribution >= 0.6 is 11.6 Å². The van der Waals surface area contributed by atoms with Gasteiger partial charge in [0.1, 0.15) is 18.0 Å².